The van der Waals surface area contributed by atoms with E-state index in [0.717, 1.165) is 28.1 Å². The normalized spacial score (nSPS) is 19.6. The summed E-state index contributed by atoms with van der Waals surface area (Å²) >= 11 is 0. The molecule has 0 saturated carbocycles. The number of carbonyl (C=O) groups excluding carboxylic acids is 1. The molecule has 2 aromatic heterocycles. The number of aromatic nitrogens is 3. The quantitative estimate of drug-likeness (QED) is 0.646. The van der Waals surface area contributed by atoms with Gasteiger partial charge in [-0.05, 0) is 35.7 Å². The van der Waals surface area contributed by atoms with Gasteiger partial charge in [0.1, 0.15) is 5.69 Å². The van der Waals surface area contributed by atoms with E-state index in [0.29, 0.717) is 6.42 Å². The van der Waals surface area contributed by atoms with Gasteiger partial charge in [0, 0.05) is 12.6 Å². The molecule has 3 heterocycles. The predicted molar refractivity (Wildman–Crippen MR) is 98.0 cm³/mol. The van der Waals surface area contributed by atoms with Gasteiger partial charge >= 0.3 is 0 Å². The molecule has 2 unspecified atom stereocenters. The van der Waals surface area contributed by atoms with Gasteiger partial charge in [-0.15, -0.1) is 12.4 Å². The SMILES string of the molecule is CC1CC(=O)NNC1c1ccc2nc(-c3ccccn3)[nH]c2c1.Cl.O. The summed E-state index contributed by atoms with van der Waals surface area (Å²) in [5.74, 6) is 1.03. The van der Waals surface area contributed by atoms with Gasteiger partial charge in [0.2, 0.25) is 5.91 Å². The molecule has 3 aromatic rings. The number of amides is 1. The molecule has 1 aliphatic heterocycles. The Morgan fingerprint density at radius 3 is 2.76 bits per heavy atom. The number of hydrogen-bond acceptors (Lipinski definition) is 4. The first-order valence-electron chi connectivity index (χ1n) is 7.66. The number of rotatable bonds is 2. The van der Waals surface area contributed by atoms with Crippen molar-refractivity contribution in [3.8, 4) is 11.5 Å². The molecular weight excluding hydrogens is 342 g/mol. The average molecular weight is 362 g/mol. The Morgan fingerprint density at radius 1 is 1.20 bits per heavy atom. The van der Waals surface area contributed by atoms with E-state index in [1.54, 1.807) is 6.20 Å². The number of nitrogens with one attached hydrogen (secondary N) is 3. The number of benzene rings is 1. The van der Waals surface area contributed by atoms with E-state index in [9.17, 15) is 4.79 Å². The molecule has 0 aliphatic carbocycles. The minimum absolute atomic E-state index is 0. The van der Waals surface area contributed by atoms with E-state index >= 15 is 0 Å². The molecule has 5 N–H and O–H groups in total. The van der Waals surface area contributed by atoms with Crippen LogP contribution in [0, 0.1) is 5.92 Å². The highest BCUT2D eigenvalue weighted by atomic mass is 35.5. The number of hydrogen-bond donors (Lipinski definition) is 3. The number of carbonyl (C=O) groups is 1. The summed E-state index contributed by atoms with van der Waals surface area (Å²) in [7, 11) is 0. The van der Waals surface area contributed by atoms with Gasteiger partial charge in [0.15, 0.2) is 5.82 Å². The van der Waals surface area contributed by atoms with Gasteiger partial charge in [0.25, 0.3) is 0 Å². The van der Waals surface area contributed by atoms with Crippen molar-refractivity contribution in [1.29, 1.82) is 0 Å². The Labute approximate surface area is 151 Å². The van der Waals surface area contributed by atoms with Crippen molar-refractivity contribution in [1.82, 2.24) is 25.8 Å². The van der Waals surface area contributed by atoms with Crippen LogP contribution in [0.2, 0.25) is 0 Å². The molecule has 0 radical (unpaired) electrons. The van der Waals surface area contributed by atoms with Gasteiger partial charge in [-0.2, -0.15) is 0 Å². The monoisotopic (exact) mass is 361 g/mol. The maximum atomic E-state index is 11.4. The molecule has 7 nitrogen and oxygen atoms in total. The number of imidazole rings is 1. The maximum absolute atomic E-state index is 11.4. The number of H-pyrrole nitrogens is 1. The van der Waals surface area contributed by atoms with Crippen LogP contribution in [0.1, 0.15) is 24.9 Å². The molecule has 0 bridgehead atoms. The number of nitrogens with zero attached hydrogens (tertiary/aromatic N) is 2. The Hall–Kier alpha value is -2.48. The molecule has 25 heavy (non-hydrogen) atoms. The third-order valence-electron chi connectivity index (χ3n) is 4.22. The molecule has 1 aliphatic rings. The summed E-state index contributed by atoms with van der Waals surface area (Å²) < 4.78 is 0. The first-order chi connectivity index (χ1) is 11.2. The van der Waals surface area contributed by atoms with Crippen LogP contribution >= 0.6 is 12.4 Å². The Balaban J connectivity index is 0.00000113. The number of fused-ring (bicyclic) bond motifs is 1. The van der Waals surface area contributed by atoms with E-state index in [1.165, 1.54) is 0 Å². The highest BCUT2D eigenvalue weighted by molar-refractivity contribution is 5.85. The predicted octanol–water partition coefficient (Wildman–Crippen LogP) is 1.92. The van der Waals surface area contributed by atoms with Gasteiger partial charge < -0.3 is 10.5 Å². The van der Waals surface area contributed by atoms with E-state index in [1.807, 2.05) is 24.3 Å². The summed E-state index contributed by atoms with van der Waals surface area (Å²) in [5.41, 5.74) is 9.63. The summed E-state index contributed by atoms with van der Waals surface area (Å²) in [6.45, 7) is 2.08. The first-order valence-corrected chi connectivity index (χ1v) is 7.66. The maximum Gasteiger partial charge on any atom is 0.234 e. The van der Waals surface area contributed by atoms with Crippen molar-refractivity contribution < 1.29 is 10.3 Å². The lowest BCUT2D eigenvalue weighted by atomic mass is 9.90. The Morgan fingerprint density at radius 2 is 2.04 bits per heavy atom. The van der Waals surface area contributed by atoms with Crippen molar-refractivity contribution in [2.75, 3.05) is 0 Å². The lowest BCUT2D eigenvalue weighted by Crippen LogP contribution is -2.48. The molecule has 0 spiro atoms. The topological polar surface area (TPSA) is 114 Å². The first kappa shape index (κ1) is 18.9. The van der Waals surface area contributed by atoms with Crippen LogP contribution in [0.3, 0.4) is 0 Å². The second-order valence-corrected chi connectivity index (χ2v) is 5.93. The van der Waals surface area contributed by atoms with Crippen LogP contribution in [-0.2, 0) is 4.79 Å². The number of halogens is 1. The van der Waals surface area contributed by atoms with Crippen molar-refractivity contribution in [2.24, 2.45) is 5.92 Å². The minimum atomic E-state index is 0. The van der Waals surface area contributed by atoms with Crippen LogP contribution < -0.4 is 10.9 Å². The summed E-state index contributed by atoms with van der Waals surface area (Å²) in [4.78, 5) is 23.7. The standard InChI is InChI=1S/C17H17N5O.ClH.H2O/c1-10-8-15(23)21-22-16(10)11-5-6-12-14(9-11)20-17(19-12)13-4-2-3-7-18-13;;/h2-7,9-10,16,22H,8H2,1H3,(H,19,20)(H,21,23);1H;1H2. The second kappa shape index (κ2) is 7.60. The molecule has 8 heteroatoms. The van der Waals surface area contributed by atoms with E-state index in [-0.39, 0.29) is 35.8 Å². The number of hydrazine groups is 1. The summed E-state index contributed by atoms with van der Waals surface area (Å²) in [6, 6.07) is 12.0. The fraction of sp³-hybridized carbons (Fsp3) is 0.235. The van der Waals surface area contributed by atoms with Crippen LogP contribution in [0.15, 0.2) is 42.6 Å². The Bertz CT molecular complexity index is 868. The van der Waals surface area contributed by atoms with E-state index in [2.05, 4.69) is 44.9 Å². The molecular formula is C17H20ClN5O2. The lowest BCUT2D eigenvalue weighted by Gasteiger charge is -2.30. The highest BCUT2D eigenvalue weighted by Crippen LogP contribution is 2.29. The van der Waals surface area contributed by atoms with Crippen LogP contribution in [0.5, 0.6) is 0 Å². The van der Waals surface area contributed by atoms with Crippen LogP contribution in [0.25, 0.3) is 22.6 Å². The zero-order valence-corrected chi connectivity index (χ0v) is 14.4. The van der Waals surface area contributed by atoms with Crippen molar-refractivity contribution >= 4 is 29.3 Å². The van der Waals surface area contributed by atoms with Crippen molar-refractivity contribution in [3.05, 3.63) is 48.2 Å². The Kier molecular flexibility index (Phi) is 5.73. The zero-order valence-electron chi connectivity index (χ0n) is 13.6. The molecule has 1 saturated heterocycles. The third-order valence-corrected chi connectivity index (χ3v) is 4.22. The van der Waals surface area contributed by atoms with Gasteiger partial charge in [-0.3, -0.25) is 15.2 Å². The summed E-state index contributed by atoms with van der Waals surface area (Å²) in [5, 5.41) is 0. The largest absolute Gasteiger partial charge is 0.412 e. The zero-order chi connectivity index (χ0) is 15.8. The highest BCUT2D eigenvalue weighted by Gasteiger charge is 2.26. The molecule has 2 atom stereocenters. The third kappa shape index (κ3) is 3.63. The molecule has 1 aromatic carbocycles. The fourth-order valence-electron chi connectivity index (χ4n) is 3.02. The minimum Gasteiger partial charge on any atom is -0.412 e. The summed E-state index contributed by atoms with van der Waals surface area (Å²) in [6.07, 6.45) is 2.28. The van der Waals surface area contributed by atoms with E-state index < -0.39 is 0 Å². The van der Waals surface area contributed by atoms with Gasteiger partial charge in [-0.1, -0.05) is 19.1 Å². The smallest absolute Gasteiger partial charge is 0.234 e. The van der Waals surface area contributed by atoms with Crippen LogP contribution in [-0.4, -0.2) is 26.3 Å². The number of aromatic amines is 1. The second-order valence-electron chi connectivity index (χ2n) is 5.93. The van der Waals surface area contributed by atoms with Crippen molar-refractivity contribution in [3.63, 3.8) is 0 Å². The van der Waals surface area contributed by atoms with E-state index in [4.69, 9.17) is 0 Å². The van der Waals surface area contributed by atoms with Crippen LogP contribution in [0.4, 0.5) is 0 Å². The molecule has 132 valence electrons. The van der Waals surface area contributed by atoms with Gasteiger partial charge in [-0.25, -0.2) is 10.4 Å². The lowest BCUT2D eigenvalue weighted by molar-refractivity contribution is -0.125. The van der Waals surface area contributed by atoms with Gasteiger partial charge in [0.05, 0.1) is 17.1 Å². The fourth-order valence-corrected chi connectivity index (χ4v) is 3.02. The number of pyridine rings is 1. The molecule has 1 fully saturated rings. The average Bonchev–Trinajstić information content (AvgIpc) is 2.99. The molecule has 1 amide bonds. The van der Waals surface area contributed by atoms with Crippen molar-refractivity contribution in [2.45, 2.75) is 19.4 Å². The molecule has 4 rings (SSSR count).